The molecule has 0 radical (unpaired) electrons. The number of fused-ring (bicyclic) bond motifs is 1. The van der Waals surface area contributed by atoms with Gasteiger partial charge in [-0.05, 0) is 18.1 Å². The van der Waals surface area contributed by atoms with E-state index in [1.807, 2.05) is 41.3 Å². The molecule has 49 heavy (non-hydrogen) atoms. The number of rotatable bonds is 11. The highest BCUT2D eigenvalue weighted by molar-refractivity contribution is 5.79. The van der Waals surface area contributed by atoms with Crippen LogP contribution in [-0.4, -0.2) is 122 Å². The highest BCUT2D eigenvalue weighted by atomic mass is 19.4. The van der Waals surface area contributed by atoms with Crippen molar-refractivity contribution in [3.05, 3.63) is 77.4 Å². The molecule has 2 aromatic carbocycles. The SMILES string of the molecule is CCOc1nc(OC)c(CN2C[C@@H]3CN(C(=O)C4COCOC4)CCN3[C@H](C(c3ccccc3)c3ccccc3)C2)c(OCC(F)(F)F)n1. The van der Waals surface area contributed by atoms with Crippen LogP contribution in [0.3, 0.4) is 0 Å². The Morgan fingerprint density at radius 3 is 2.18 bits per heavy atom. The van der Waals surface area contributed by atoms with Gasteiger partial charge in [-0.3, -0.25) is 14.6 Å². The topological polar surface area (TPSA) is 98.7 Å². The molecule has 1 aromatic heterocycles. The van der Waals surface area contributed by atoms with Crippen LogP contribution < -0.4 is 14.2 Å². The quantitative estimate of drug-likeness (QED) is 0.295. The molecule has 0 spiro atoms. The smallest absolute Gasteiger partial charge is 0.422 e. The summed E-state index contributed by atoms with van der Waals surface area (Å²) in [6, 6.07) is 20.3. The Kier molecular flexibility index (Phi) is 11.2. The number of carbonyl (C=O) groups excluding carboxylic acids is 1. The fraction of sp³-hybridized carbons (Fsp3) is 0.514. The fourth-order valence-electron chi connectivity index (χ4n) is 7.10. The summed E-state index contributed by atoms with van der Waals surface area (Å²) in [7, 11) is 1.40. The molecule has 0 N–H and O–H groups in total. The van der Waals surface area contributed by atoms with Crippen molar-refractivity contribution in [2.75, 3.05) is 73.1 Å². The summed E-state index contributed by atoms with van der Waals surface area (Å²) in [4.78, 5) is 28.7. The van der Waals surface area contributed by atoms with E-state index >= 15 is 0 Å². The van der Waals surface area contributed by atoms with Crippen molar-refractivity contribution in [1.82, 2.24) is 24.7 Å². The van der Waals surface area contributed by atoms with Crippen LogP contribution in [-0.2, 0) is 20.8 Å². The van der Waals surface area contributed by atoms with Crippen LogP contribution in [0.25, 0.3) is 0 Å². The third kappa shape index (κ3) is 8.43. The minimum atomic E-state index is -4.58. The van der Waals surface area contributed by atoms with Crippen molar-refractivity contribution >= 4 is 5.91 Å². The molecule has 264 valence electrons. The van der Waals surface area contributed by atoms with Gasteiger partial charge in [0.05, 0.1) is 38.4 Å². The number of halogens is 3. The number of alkyl halides is 3. The zero-order chi connectivity index (χ0) is 34.4. The Labute approximate surface area is 283 Å². The standard InChI is InChI=1S/C35H42F3N5O6/c1-3-48-34-39-31(45-2)28(32(40-34)49-22-35(36,37)38)18-41-16-27-17-42(33(44)26-20-46-23-47-21-26)14-15-43(27)29(19-41)30(24-10-6-4-7-11-24)25-12-8-5-9-13-25/h4-13,26-27,29-30H,3,14-23H2,1-2H3/t27-,29+/m1/s1. The van der Waals surface area contributed by atoms with Crippen molar-refractivity contribution in [1.29, 1.82) is 0 Å². The van der Waals surface area contributed by atoms with Gasteiger partial charge >= 0.3 is 12.2 Å². The molecule has 3 aliphatic rings. The Morgan fingerprint density at radius 1 is 0.918 bits per heavy atom. The molecule has 3 aliphatic heterocycles. The lowest BCUT2D eigenvalue weighted by atomic mass is 9.81. The van der Waals surface area contributed by atoms with E-state index in [0.29, 0.717) is 51.5 Å². The van der Waals surface area contributed by atoms with Crippen LogP contribution in [0.1, 0.15) is 29.5 Å². The molecule has 4 heterocycles. The van der Waals surface area contributed by atoms with Gasteiger partial charge < -0.3 is 28.6 Å². The number of ether oxygens (including phenoxy) is 5. The van der Waals surface area contributed by atoms with E-state index in [4.69, 9.17) is 23.7 Å². The van der Waals surface area contributed by atoms with Crippen LogP contribution in [0.2, 0.25) is 0 Å². The highest BCUT2D eigenvalue weighted by Gasteiger charge is 2.44. The summed E-state index contributed by atoms with van der Waals surface area (Å²) in [5.41, 5.74) is 2.58. The minimum Gasteiger partial charge on any atom is -0.481 e. The molecule has 1 amide bonds. The monoisotopic (exact) mass is 685 g/mol. The zero-order valence-corrected chi connectivity index (χ0v) is 27.7. The first-order chi connectivity index (χ1) is 23.7. The average molecular weight is 686 g/mol. The first-order valence-electron chi connectivity index (χ1n) is 16.5. The Hall–Kier alpha value is -3.98. The van der Waals surface area contributed by atoms with Crippen molar-refractivity contribution < 1.29 is 41.7 Å². The second kappa shape index (κ2) is 15.7. The number of piperazine rings is 2. The maximum atomic E-state index is 13.6. The molecule has 11 nitrogen and oxygen atoms in total. The van der Waals surface area contributed by atoms with Crippen molar-refractivity contribution in [3.63, 3.8) is 0 Å². The van der Waals surface area contributed by atoms with Gasteiger partial charge in [0.2, 0.25) is 17.7 Å². The summed E-state index contributed by atoms with van der Waals surface area (Å²) in [5, 5.41) is 0. The Bertz CT molecular complexity index is 1490. The number of aromatic nitrogens is 2. The van der Waals surface area contributed by atoms with E-state index in [2.05, 4.69) is 44.0 Å². The van der Waals surface area contributed by atoms with E-state index in [9.17, 15) is 18.0 Å². The molecular weight excluding hydrogens is 643 g/mol. The van der Waals surface area contributed by atoms with Crippen molar-refractivity contribution in [3.8, 4) is 17.8 Å². The van der Waals surface area contributed by atoms with Crippen LogP contribution in [0.15, 0.2) is 60.7 Å². The second-order valence-electron chi connectivity index (χ2n) is 12.4. The van der Waals surface area contributed by atoms with E-state index in [0.717, 1.165) is 11.1 Å². The van der Waals surface area contributed by atoms with Crippen LogP contribution in [0.4, 0.5) is 13.2 Å². The summed E-state index contributed by atoms with van der Waals surface area (Å²) in [5.74, 6) is -0.563. The first kappa shape index (κ1) is 34.9. The van der Waals surface area contributed by atoms with Crippen LogP contribution in [0, 0.1) is 5.92 Å². The van der Waals surface area contributed by atoms with Crippen molar-refractivity contribution in [2.45, 2.75) is 37.6 Å². The van der Waals surface area contributed by atoms with E-state index in [1.54, 1.807) is 6.92 Å². The number of methoxy groups -OCH3 is 1. The lowest BCUT2D eigenvalue weighted by molar-refractivity contribution is -0.164. The van der Waals surface area contributed by atoms with Gasteiger partial charge in [-0.15, -0.1) is 0 Å². The van der Waals surface area contributed by atoms with Gasteiger partial charge in [0.15, 0.2) is 6.61 Å². The third-order valence-electron chi connectivity index (χ3n) is 9.17. The normalized spacial score (nSPS) is 21.0. The molecule has 3 fully saturated rings. The first-order valence-corrected chi connectivity index (χ1v) is 16.5. The van der Waals surface area contributed by atoms with Gasteiger partial charge in [0.1, 0.15) is 6.79 Å². The molecular formula is C35H42F3N5O6. The second-order valence-corrected chi connectivity index (χ2v) is 12.4. The predicted molar refractivity (Wildman–Crippen MR) is 172 cm³/mol. The number of hydrogen-bond donors (Lipinski definition) is 0. The third-order valence-corrected chi connectivity index (χ3v) is 9.17. The molecule has 0 unspecified atom stereocenters. The molecule has 14 heteroatoms. The zero-order valence-electron chi connectivity index (χ0n) is 27.7. The molecule has 3 saturated heterocycles. The maximum Gasteiger partial charge on any atom is 0.422 e. The number of carbonyl (C=O) groups is 1. The van der Waals surface area contributed by atoms with Gasteiger partial charge in [-0.1, -0.05) is 60.7 Å². The van der Waals surface area contributed by atoms with E-state index < -0.39 is 12.8 Å². The number of hydrogen-bond acceptors (Lipinski definition) is 10. The number of amides is 1. The van der Waals surface area contributed by atoms with Gasteiger partial charge in [0.25, 0.3) is 0 Å². The maximum absolute atomic E-state index is 13.6. The highest BCUT2D eigenvalue weighted by Crippen LogP contribution is 2.38. The minimum absolute atomic E-state index is 0.000103. The van der Waals surface area contributed by atoms with Gasteiger partial charge in [0, 0.05) is 57.3 Å². The largest absolute Gasteiger partial charge is 0.481 e. The van der Waals surface area contributed by atoms with Crippen LogP contribution in [0.5, 0.6) is 17.8 Å². The van der Waals surface area contributed by atoms with E-state index in [1.165, 1.54) is 7.11 Å². The summed E-state index contributed by atoms with van der Waals surface area (Å²) in [6.45, 7) is 4.19. The van der Waals surface area contributed by atoms with Crippen molar-refractivity contribution in [2.24, 2.45) is 5.92 Å². The van der Waals surface area contributed by atoms with E-state index in [-0.39, 0.29) is 67.5 Å². The van der Waals surface area contributed by atoms with Gasteiger partial charge in [-0.25, -0.2) is 0 Å². The summed E-state index contributed by atoms with van der Waals surface area (Å²) >= 11 is 0. The van der Waals surface area contributed by atoms with Gasteiger partial charge in [-0.2, -0.15) is 23.1 Å². The van der Waals surface area contributed by atoms with Crippen LogP contribution >= 0.6 is 0 Å². The predicted octanol–water partition coefficient (Wildman–Crippen LogP) is 3.97. The Morgan fingerprint density at radius 2 is 1.57 bits per heavy atom. The number of benzene rings is 2. The fourth-order valence-corrected chi connectivity index (χ4v) is 7.10. The lowest BCUT2D eigenvalue weighted by Crippen LogP contribution is -2.67. The molecule has 2 atom stereocenters. The summed E-state index contributed by atoms with van der Waals surface area (Å²) in [6.07, 6.45) is -4.58. The summed E-state index contributed by atoms with van der Waals surface area (Å²) < 4.78 is 67.2. The molecule has 0 saturated carbocycles. The lowest BCUT2D eigenvalue weighted by Gasteiger charge is -2.54. The molecule has 0 bridgehead atoms. The number of nitrogens with zero attached hydrogens (tertiary/aromatic N) is 5. The molecule has 3 aromatic rings. The molecule has 0 aliphatic carbocycles. The molecule has 6 rings (SSSR count). The Balaban J connectivity index is 1.36. The average Bonchev–Trinajstić information content (AvgIpc) is 3.12.